The first-order chi connectivity index (χ1) is 9.90. The van der Waals surface area contributed by atoms with Crippen LogP contribution < -0.4 is 0 Å². The summed E-state index contributed by atoms with van der Waals surface area (Å²) in [6.07, 6.45) is 2.70. The molecule has 1 heterocycles. The van der Waals surface area contributed by atoms with Gasteiger partial charge in [0.1, 0.15) is 0 Å². The largest absolute Gasteiger partial charge is 0.395 e. The summed E-state index contributed by atoms with van der Waals surface area (Å²) < 4.78 is 11.2. The minimum Gasteiger partial charge on any atom is -0.395 e. The lowest BCUT2D eigenvalue weighted by Crippen LogP contribution is -2.20. The van der Waals surface area contributed by atoms with E-state index in [4.69, 9.17) is 14.6 Å². The Kier molecular flexibility index (Phi) is 6.59. The lowest BCUT2D eigenvalue weighted by Gasteiger charge is -2.21. The van der Waals surface area contributed by atoms with Crippen LogP contribution in [0.2, 0.25) is 0 Å². The Balaban J connectivity index is 1.84. The van der Waals surface area contributed by atoms with E-state index in [1.54, 1.807) is 0 Å². The standard InChI is InChI=1S/C17H22O3/c18-10-4-3-6-16-5-1-2-7-17(16)14-20-13-15-8-11-19-12-9-15/h1-2,5,7,15,18H,4,8-14H2. The SMILES string of the molecule is OCCC#Cc1ccccc1COCC1CCOCC1. The molecule has 0 unspecified atom stereocenters. The molecule has 1 saturated heterocycles. The highest BCUT2D eigenvalue weighted by atomic mass is 16.5. The summed E-state index contributed by atoms with van der Waals surface area (Å²) in [4.78, 5) is 0. The molecule has 0 atom stereocenters. The van der Waals surface area contributed by atoms with Gasteiger partial charge in [-0.05, 0) is 30.4 Å². The summed E-state index contributed by atoms with van der Waals surface area (Å²) >= 11 is 0. The predicted molar refractivity (Wildman–Crippen MR) is 78.2 cm³/mol. The predicted octanol–water partition coefficient (Wildman–Crippen LogP) is 2.36. The Labute approximate surface area is 120 Å². The molecule has 0 aliphatic carbocycles. The van der Waals surface area contributed by atoms with E-state index < -0.39 is 0 Å². The minimum absolute atomic E-state index is 0.107. The van der Waals surface area contributed by atoms with Gasteiger partial charge in [0.25, 0.3) is 0 Å². The van der Waals surface area contributed by atoms with Crippen LogP contribution in [0.5, 0.6) is 0 Å². The van der Waals surface area contributed by atoms with E-state index in [-0.39, 0.29) is 6.61 Å². The Morgan fingerprint density at radius 1 is 1.25 bits per heavy atom. The molecule has 0 radical (unpaired) electrons. The van der Waals surface area contributed by atoms with Crippen molar-refractivity contribution in [2.45, 2.75) is 25.9 Å². The highest BCUT2D eigenvalue weighted by Crippen LogP contribution is 2.16. The average molecular weight is 274 g/mol. The normalized spacial score (nSPS) is 15.7. The zero-order chi connectivity index (χ0) is 14.0. The molecule has 1 aliphatic rings. The third-order valence-corrected chi connectivity index (χ3v) is 3.43. The summed E-state index contributed by atoms with van der Waals surface area (Å²) in [5.74, 6) is 6.67. The molecule has 108 valence electrons. The average Bonchev–Trinajstić information content (AvgIpc) is 2.50. The third kappa shape index (κ3) is 4.97. The second kappa shape index (κ2) is 8.76. The van der Waals surface area contributed by atoms with E-state index in [1.165, 1.54) is 0 Å². The van der Waals surface area contributed by atoms with Gasteiger partial charge in [0.2, 0.25) is 0 Å². The number of hydrogen-bond donors (Lipinski definition) is 1. The number of aliphatic hydroxyl groups is 1. The molecule has 0 bridgehead atoms. The van der Waals surface area contributed by atoms with Crippen LogP contribution in [0.3, 0.4) is 0 Å². The minimum atomic E-state index is 0.107. The molecule has 0 aromatic heterocycles. The molecule has 1 aromatic rings. The van der Waals surface area contributed by atoms with Crippen LogP contribution >= 0.6 is 0 Å². The number of rotatable bonds is 5. The van der Waals surface area contributed by atoms with Gasteiger partial charge in [0, 0.05) is 25.2 Å². The van der Waals surface area contributed by atoms with Crippen molar-refractivity contribution >= 4 is 0 Å². The van der Waals surface area contributed by atoms with Crippen LogP contribution in [0.1, 0.15) is 30.4 Å². The van der Waals surface area contributed by atoms with Gasteiger partial charge in [-0.25, -0.2) is 0 Å². The van der Waals surface area contributed by atoms with Gasteiger partial charge < -0.3 is 14.6 Å². The molecule has 20 heavy (non-hydrogen) atoms. The van der Waals surface area contributed by atoms with E-state index in [0.717, 1.165) is 43.8 Å². The van der Waals surface area contributed by atoms with E-state index in [0.29, 0.717) is 18.9 Å². The summed E-state index contributed by atoms with van der Waals surface area (Å²) in [6, 6.07) is 8.03. The van der Waals surface area contributed by atoms with Crippen molar-refractivity contribution in [1.29, 1.82) is 0 Å². The lowest BCUT2D eigenvalue weighted by atomic mass is 10.0. The molecule has 0 amide bonds. The van der Waals surface area contributed by atoms with Gasteiger partial charge in [-0.2, -0.15) is 0 Å². The Morgan fingerprint density at radius 2 is 2.05 bits per heavy atom. The van der Waals surface area contributed by atoms with Gasteiger partial charge in [0.15, 0.2) is 0 Å². The maximum Gasteiger partial charge on any atom is 0.0729 e. The van der Waals surface area contributed by atoms with Gasteiger partial charge in [-0.15, -0.1) is 0 Å². The van der Waals surface area contributed by atoms with Gasteiger partial charge in [-0.1, -0.05) is 30.0 Å². The van der Waals surface area contributed by atoms with Crippen LogP contribution in [-0.4, -0.2) is 31.5 Å². The van der Waals surface area contributed by atoms with Crippen LogP contribution in [0.25, 0.3) is 0 Å². The van der Waals surface area contributed by atoms with Crippen LogP contribution in [0.15, 0.2) is 24.3 Å². The Morgan fingerprint density at radius 3 is 2.85 bits per heavy atom. The van der Waals surface area contributed by atoms with E-state index in [9.17, 15) is 0 Å². The zero-order valence-corrected chi connectivity index (χ0v) is 11.8. The van der Waals surface area contributed by atoms with Crippen LogP contribution in [0.4, 0.5) is 0 Å². The van der Waals surface area contributed by atoms with Crippen LogP contribution in [-0.2, 0) is 16.1 Å². The van der Waals surface area contributed by atoms with Crippen molar-refractivity contribution in [3.05, 3.63) is 35.4 Å². The molecule has 1 N–H and O–H groups in total. The quantitative estimate of drug-likeness (QED) is 0.838. The lowest BCUT2D eigenvalue weighted by molar-refractivity contribution is 0.0157. The third-order valence-electron chi connectivity index (χ3n) is 3.43. The summed E-state index contributed by atoms with van der Waals surface area (Å²) in [6.45, 7) is 3.22. The maximum absolute atomic E-state index is 8.76. The van der Waals surface area contributed by atoms with Crippen molar-refractivity contribution in [3.63, 3.8) is 0 Å². The first kappa shape index (κ1) is 15.1. The highest BCUT2D eigenvalue weighted by Gasteiger charge is 2.13. The maximum atomic E-state index is 8.76. The van der Waals surface area contributed by atoms with Gasteiger partial charge in [0.05, 0.1) is 19.8 Å². The molecule has 1 aromatic carbocycles. The molecule has 3 nitrogen and oxygen atoms in total. The van der Waals surface area contributed by atoms with E-state index in [1.807, 2.05) is 24.3 Å². The first-order valence-corrected chi connectivity index (χ1v) is 7.23. The van der Waals surface area contributed by atoms with E-state index in [2.05, 4.69) is 11.8 Å². The second-order valence-corrected chi connectivity index (χ2v) is 5.00. The van der Waals surface area contributed by atoms with Crippen molar-refractivity contribution in [1.82, 2.24) is 0 Å². The molecule has 1 fully saturated rings. The Bertz CT molecular complexity index is 453. The molecule has 1 aliphatic heterocycles. The van der Waals surface area contributed by atoms with Gasteiger partial charge in [-0.3, -0.25) is 0 Å². The molecule has 3 heteroatoms. The highest BCUT2D eigenvalue weighted by molar-refractivity contribution is 5.40. The monoisotopic (exact) mass is 274 g/mol. The second-order valence-electron chi connectivity index (χ2n) is 5.00. The summed E-state index contributed by atoms with van der Waals surface area (Å²) in [7, 11) is 0. The first-order valence-electron chi connectivity index (χ1n) is 7.23. The summed E-state index contributed by atoms with van der Waals surface area (Å²) in [5.41, 5.74) is 2.11. The molecule has 0 spiro atoms. The topological polar surface area (TPSA) is 38.7 Å². The number of benzene rings is 1. The Hall–Kier alpha value is -1.34. The number of ether oxygens (including phenoxy) is 2. The fourth-order valence-electron chi connectivity index (χ4n) is 2.23. The fourth-order valence-corrected chi connectivity index (χ4v) is 2.23. The smallest absolute Gasteiger partial charge is 0.0729 e. The fraction of sp³-hybridized carbons (Fsp3) is 0.529. The molecular weight excluding hydrogens is 252 g/mol. The van der Waals surface area contributed by atoms with Crippen molar-refractivity contribution < 1.29 is 14.6 Å². The van der Waals surface area contributed by atoms with Gasteiger partial charge >= 0.3 is 0 Å². The summed E-state index contributed by atoms with van der Waals surface area (Å²) in [5, 5.41) is 8.76. The van der Waals surface area contributed by atoms with E-state index >= 15 is 0 Å². The number of hydrogen-bond acceptors (Lipinski definition) is 3. The van der Waals surface area contributed by atoms with Crippen molar-refractivity contribution in [2.75, 3.05) is 26.4 Å². The molecule has 0 saturated carbocycles. The van der Waals surface area contributed by atoms with Crippen molar-refractivity contribution in [3.8, 4) is 11.8 Å². The van der Waals surface area contributed by atoms with Crippen molar-refractivity contribution in [2.24, 2.45) is 5.92 Å². The number of aliphatic hydroxyl groups excluding tert-OH is 1. The van der Waals surface area contributed by atoms with Crippen LogP contribution in [0, 0.1) is 17.8 Å². The molecule has 2 rings (SSSR count). The zero-order valence-electron chi connectivity index (χ0n) is 11.8. The molecular formula is C17H22O3.